The van der Waals surface area contributed by atoms with E-state index in [1.807, 2.05) is 18.2 Å². The number of nitrogens with one attached hydrogen (secondary N) is 1. The van der Waals surface area contributed by atoms with Crippen LogP contribution in [-0.2, 0) is 10.8 Å². The third-order valence-corrected chi connectivity index (χ3v) is 4.55. The molecule has 4 nitrogen and oxygen atoms in total. The molecule has 1 N–H and O–H groups in total. The molecule has 1 aliphatic heterocycles. The number of ether oxygens (including phenoxy) is 2. The predicted molar refractivity (Wildman–Crippen MR) is 72.8 cm³/mol. The number of benzene rings is 1. The highest BCUT2D eigenvalue weighted by Crippen LogP contribution is 2.30. The average Bonchev–Trinajstić information content (AvgIpc) is 2.62. The minimum absolute atomic E-state index is 0.0679. The van der Waals surface area contributed by atoms with Gasteiger partial charge < -0.3 is 14.8 Å². The van der Waals surface area contributed by atoms with Gasteiger partial charge in [-0.2, -0.15) is 0 Å². The molecule has 2 atom stereocenters. The van der Waals surface area contributed by atoms with E-state index in [0.29, 0.717) is 5.75 Å². The molecule has 1 aromatic carbocycles. The van der Waals surface area contributed by atoms with Crippen LogP contribution in [0.3, 0.4) is 0 Å². The summed E-state index contributed by atoms with van der Waals surface area (Å²) in [5.41, 5.74) is 1.02. The molecule has 0 aromatic heterocycles. The second kappa shape index (κ2) is 6.20. The molecule has 1 saturated heterocycles. The monoisotopic (exact) mass is 269 g/mol. The van der Waals surface area contributed by atoms with Crippen LogP contribution in [0.25, 0.3) is 0 Å². The van der Waals surface area contributed by atoms with Crippen molar-refractivity contribution in [2.45, 2.75) is 12.5 Å². The zero-order chi connectivity index (χ0) is 13.0. The van der Waals surface area contributed by atoms with Gasteiger partial charge in [0.1, 0.15) is 11.5 Å². The van der Waals surface area contributed by atoms with E-state index in [0.717, 1.165) is 35.8 Å². The zero-order valence-corrected chi connectivity index (χ0v) is 11.6. The number of hydrogen-bond donors (Lipinski definition) is 1. The first-order valence-electron chi connectivity index (χ1n) is 6.05. The van der Waals surface area contributed by atoms with Gasteiger partial charge in [0.15, 0.2) is 0 Å². The molecule has 0 amide bonds. The Hall–Kier alpha value is -1.07. The van der Waals surface area contributed by atoms with Gasteiger partial charge in [-0.05, 0) is 31.2 Å². The van der Waals surface area contributed by atoms with Crippen molar-refractivity contribution < 1.29 is 13.7 Å². The van der Waals surface area contributed by atoms with Crippen LogP contribution in [0.5, 0.6) is 11.5 Å². The summed E-state index contributed by atoms with van der Waals surface area (Å²) < 4.78 is 22.4. The number of rotatable bonds is 3. The van der Waals surface area contributed by atoms with Crippen LogP contribution in [0.15, 0.2) is 18.2 Å². The molecule has 18 heavy (non-hydrogen) atoms. The van der Waals surface area contributed by atoms with Crippen LogP contribution in [0, 0.1) is 0 Å². The second-order valence-corrected chi connectivity index (χ2v) is 5.90. The van der Waals surface area contributed by atoms with E-state index in [9.17, 15) is 4.21 Å². The summed E-state index contributed by atoms with van der Waals surface area (Å²) in [7, 11) is 2.53. The van der Waals surface area contributed by atoms with Gasteiger partial charge in [-0.1, -0.05) is 0 Å². The maximum atomic E-state index is 11.8. The summed E-state index contributed by atoms with van der Waals surface area (Å²) in [5.74, 6) is 3.01. The van der Waals surface area contributed by atoms with Crippen molar-refractivity contribution in [3.63, 3.8) is 0 Å². The highest BCUT2D eigenvalue weighted by atomic mass is 32.2. The molecule has 2 rings (SSSR count). The summed E-state index contributed by atoms with van der Waals surface area (Å²) >= 11 is 0. The van der Waals surface area contributed by atoms with Crippen molar-refractivity contribution in [1.82, 2.24) is 5.32 Å². The maximum absolute atomic E-state index is 11.8. The van der Waals surface area contributed by atoms with Crippen molar-refractivity contribution in [3.05, 3.63) is 23.8 Å². The molecule has 0 aliphatic carbocycles. The Labute approximate surface area is 110 Å². The first kappa shape index (κ1) is 13.4. The summed E-state index contributed by atoms with van der Waals surface area (Å²) in [5, 5.41) is 3.43. The molecule has 0 radical (unpaired) electrons. The molecule has 0 saturated carbocycles. The van der Waals surface area contributed by atoms with Crippen molar-refractivity contribution in [1.29, 1.82) is 0 Å². The van der Waals surface area contributed by atoms with Crippen LogP contribution in [-0.4, -0.2) is 36.5 Å². The lowest BCUT2D eigenvalue weighted by atomic mass is 10.1. The largest absolute Gasteiger partial charge is 0.497 e. The number of hydrogen-bond acceptors (Lipinski definition) is 4. The van der Waals surface area contributed by atoms with Gasteiger partial charge in [0.05, 0.1) is 14.2 Å². The van der Waals surface area contributed by atoms with Gasteiger partial charge in [0, 0.05) is 33.9 Å². The van der Waals surface area contributed by atoms with Crippen LogP contribution in [0.4, 0.5) is 0 Å². The molecule has 0 spiro atoms. The fourth-order valence-corrected chi connectivity index (χ4v) is 3.45. The molecule has 2 unspecified atom stereocenters. The summed E-state index contributed by atoms with van der Waals surface area (Å²) in [6, 6.07) is 5.79. The van der Waals surface area contributed by atoms with Crippen LogP contribution >= 0.6 is 0 Å². The summed E-state index contributed by atoms with van der Waals surface area (Å²) in [6.07, 6.45) is 0.954. The van der Waals surface area contributed by atoms with Crippen molar-refractivity contribution in [3.8, 4) is 11.5 Å². The van der Waals surface area contributed by atoms with Gasteiger partial charge in [-0.15, -0.1) is 0 Å². The lowest BCUT2D eigenvalue weighted by Gasteiger charge is -2.19. The molecule has 0 bridgehead atoms. The predicted octanol–water partition coefficient (Wildman–Crippen LogP) is 1.49. The first-order chi connectivity index (χ1) is 8.74. The number of methoxy groups -OCH3 is 2. The van der Waals surface area contributed by atoms with E-state index in [1.165, 1.54) is 0 Å². The van der Waals surface area contributed by atoms with Crippen molar-refractivity contribution in [2.24, 2.45) is 0 Å². The molecule has 1 heterocycles. The standard InChI is InChI=1S/C13H19NO3S/c1-16-10-4-5-13(17-2)11(8-10)12-9-18(15)7-3-6-14-12/h4-5,8,12,14H,3,6-7,9H2,1-2H3. The topological polar surface area (TPSA) is 47.6 Å². The fraction of sp³-hybridized carbons (Fsp3) is 0.538. The molecular formula is C13H19NO3S. The van der Waals surface area contributed by atoms with E-state index in [-0.39, 0.29) is 6.04 Å². The van der Waals surface area contributed by atoms with E-state index in [4.69, 9.17) is 9.47 Å². The highest BCUT2D eigenvalue weighted by Gasteiger charge is 2.21. The van der Waals surface area contributed by atoms with E-state index in [1.54, 1.807) is 14.2 Å². The normalized spacial score (nSPS) is 24.3. The van der Waals surface area contributed by atoms with Gasteiger partial charge in [0.2, 0.25) is 0 Å². The minimum Gasteiger partial charge on any atom is -0.497 e. The smallest absolute Gasteiger partial charge is 0.123 e. The van der Waals surface area contributed by atoms with Gasteiger partial charge in [-0.3, -0.25) is 4.21 Å². The lowest BCUT2D eigenvalue weighted by molar-refractivity contribution is 0.392. The molecule has 100 valence electrons. The van der Waals surface area contributed by atoms with Crippen LogP contribution < -0.4 is 14.8 Å². The SMILES string of the molecule is COc1ccc(OC)c(C2CS(=O)CCCN2)c1. The Morgan fingerprint density at radius 2 is 2.17 bits per heavy atom. The molecule has 5 heteroatoms. The molecular weight excluding hydrogens is 250 g/mol. The Kier molecular flexibility index (Phi) is 4.60. The molecule has 1 fully saturated rings. The zero-order valence-electron chi connectivity index (χ0n) is 10.8. The Morgan fingerprint density at radius 1 is 1.33 bits per heavy atom. The minimum atomic E-state index is -0.766. The molecule has 1 aromatic rings. The van der Waals surface area contributed by atoms with Gasteiger partial charge in [-0.25, -0.2) is 0 Å². The van der Waals surface area contributed by atoms with Crippen LogP contribution in [0.2, 0.25) is 0 Å². The Morgan fingerprint density at radius 3 is 2.89 bits per heavy atom. The Bertz CT molecular complexity index is 436. The van der Waals surface area contributed by atoms with E-state index in [2.05, 4.69) is 5.32 Å². The van der Waals surface area contributed by atoms with E-state index < -0.39 is 10.8 Å². The summed E-state index contributed by atoms with van der Waals surface area (Å²) in [6.45, 7) is 0.886. The van der Waals surface area contributed by atoms with Crippen LogP contribution in [0.1, 0.15) is 18.0 Å². The van der Waals surface area contributed by atoms with Crippen molar-refractivity contribution >= 4 is 10.8 Å². The van der Waals surface area contributed by atoms with E-state index >= 15 is 0 Å². The third-order valence-electron chi connectivity index (χ3n) is 3.10. The Balaban J connectivity index is 2.31. The third kappa shape index (κ3) is 3.03. The first-order valence-corrected chi connectivity index (χ1v) is 7.53. The average molecular weight is 269 g/mol. The van der Waals surface area contributed by atoms with Gasteiger partial charge >= 0.3 is 0 Å². The lowest BCUT2D eigenvalue weighted by Crippen LogP contribution is -2.24. The summed E-state index contributed by atoms with van der Waals surface area (Å²) in [4.78, 5) is 0. The molecule has 1 aliphatic rings. The maximum Gasteiger partial charge on any atom is 0.123 e. The fourth-order valence-electron chi connectivity index (χ4n) is 2.15. The van der Waals surface area contributed by atoms with Crippen molar-refractivity contribution in [2.75, 3.05) is 32.3 Å². The second-order valence-electron chi connectivity index (χ2n) is 4.28. The quantitative estimate of drug-likeness (QED) is 0.903. The highest BCUT2D eigenvalue weighted by molar-refractivity contribution is 7.85. The van der Waals surface area contributed by atoms with Gasteiger partial charge in [0.25, 0.3) is 0 Å².